The molecule has 7 atom stereocenters. The van der Waals surface area contributed by atoms with E-state index >= 15 is 0 Å². The second-order valence-corrected chi connectivity index (χ2v) is 12.1. The van der Waals surface area contributed by atoms with Gasteiger partial charge in [-0.05, 0) is 96.8 Å². The fraction of sp³-hybridized carbons (Fsp3) is 0.724. The summed E-state index contributed by atoms with van der Waals surface area (Å²) in [6, 6.07) is 5.37. The Balaban J connectivity index is 1.49. The van der Waals surface area contributed by atoms with Gasteiger partial charge in [-0.15, -0.1) is 6.58 Å². The monoisotopic (exact) mass is 566 g/mol. The number of phenolic OH excluding ortho intramolecular Hbond substituents is 1. The summed E-state index contributed by atoms with van der Waals surface area (Å²) in [6.07, 6.45) is -3.83. The van der Waals surface area contributed by atoms with E-state index in [1.807, 2.05) is 12.1 Å². The maximum absolute atomic E-state index is 13.8. The highest BCUT2D eigenvalue weighted by atomic mass is 19.4. The highest BCUT2D eigenvalue weighted by molar-refractivity contribution is 5.43. The van der Waals surface area contributed by atoms with E-state index in [1.165, 1.54) is 0 Å². The SMILES string of the molecule is C=CC12CCc3cc(O)ccc3[C@H]1[C@@H](CCCCC[C@H](O)C(F)(F)C(F)(F)C(F)(F)F)C[C@]1(C)[C@@H](O)CC[C@@H]21. The highest BCUT2D eigenvalue weighted by Gasteiger charge is 2.75. The predicted octanol–water partition coefficient (Wildman–Crippen LogP) is 7.54. The molecule has 4 rings (SSSR count). The number of phenols is 1. The van der Waals surface area contributed by atoms with E-state index in [-0.39, 0.29) is 47.2 Å². The summed E-state index contributed by atoms with van der Waals surface area (Å²) in [4.78, 5) is 0. The van der Waals surface area contributed by atoms with E-state index < -0.39 is 36.7 Å². The second-order valence-electron chi connectivity index (χ2n) is 12.1. The fourth-order valence-corrected chi connectivity index (χ4v) is 8.19. The quantitative estimate of drug-likeness (QED) is 0.165. The molecule has 3 aliphatic rings. The molecular formula is C29H37F7O3. The smallest absolute Gasteiger partial charge is 0.459 e. The van der Waals surface area contributed by atoms with Crippen LogP contribution in [-0.2, 0) is 6.42 Å². The molecule has 0 aromatic heterocycles. The summed E-state index contributed by atoms with van der Waals surface area (Å²) in [7, 11) is 0. The lowest BCUT2D eigenvalue weighted by molar-refractivity contribution is -0.371. The molecule has 0 amide bonds. The van der Waals surface area contributed by atoms with E-state index in [1.54, 1.807) is 12.1 Å². The molecule has 0 saturated heterocycles. The van der Waals surface area contributed by atoms with E-state index in [9.17, 15) is 46.1 Å². The molecule has 0 heterocycles. The van der Waals surface area contributed by atoms with E-state index in [4.69, 9.17) is 0 Å². The van der Waals surface area contributed by atoms with Gasteiger partial charge in [-0.3, -0.25) is 0 Å². The van der Waals surface area contributed by atoms with Crippen molar-refractivity contribution in [2.45, 2.75) is 107 Å². The molecule has 39 heavy (non-hydrogen) atoms. The number of unbranched alkanes of at least 4 members (excludes halogenated alkanes) is 2. The summed E-state index contributed by atoms with van der Waals surface area (Å²) in [5.74, 6) is -11.4. The lowest BCUT2D eigenvalue weighted by Crippen LogP contribution is -2.57. The first kappa shape index (κ1) is 30.2. The Kier molecular flexibility index (Phi) is 7.91. The number of aliphatic hydroxyl groups excluding tert-OH is 2. The van der Waals surface area contributed by atoms with Crippen molar-refractivity contribution in [3.05, 3.63) is 42.0 Å². The van der Waals surface area contributed by atoms with Crippen LogP contribution in [0, 0.1) is 22.7 Å². The van der Waals surface area contributed by atoms with Gasteiger partial charge in [0, 0.05) is 0 Å². The van der Waals surface area contributed by atoms with Gasteiger partial charge in [0.05, 0.1) is 6.10 Å². The maximum Gasteiger partial charge on any atom is 0.459 e. The standard InChI is InChI=1S/C29H37F7O3/c1-3-26-14-13-17-15-19(37)9-10-20(17)24(26)18(16-25(2)21(26)11-12-22(25)38)7-5-4-6-8-23(39)27(30,31)28(32,33)29(34,35)36/h3,9-10,15,18,21-24,37-39H,1,4-8,11-14,16H2,2H3/t18-,21+,22-,23-,24+,25-,26?/m0/s1. The van der Waals surface area contributed by atoms with Crippen molar-refractivity contribution in [2.24, 2.45) is 22.7 Å². The summed E-state index contributed by atoms with van der Waals surface area (Å²) in [5.41, 5.74) is 1.56. The van der Waals surface area contributed by atoms with Crippen LogP contribution in [0.3, 0.4) is 0 Å². The van der Waals surface area contributed by atoms with Gasteiger partial charge in [0.15, 0.2) is 0 Å². The first-order valence-electron chi connectivity index (χ1n) is 13.7. The van der Waals surface area contributed by atoms with Crippen LogP contribution >= 0.6 is 0 Å². The van der Waals surface area contributed by atoms with Gasteiger partial charge in [-0.1, -0.05) is 38.3 Å². The molecule has 2 fully saturated rings. The molecule has 3 N–H and O–H groups in total. The molecule has 1 aromatic rings. The van der Waals surface area contributed by atoms with Crippen molar-refractivity contribution in [1.82, 2.24) is 0 Å². The Hall–Kier alpha value is -1.81. The lowest BCUT2D eigenvalue weighted by Gasteiger charge is -2.60. The molecule has 0 bridgehead atoms. The first-order chi connectivity index (χ1) is 18.0. The average molecular weight is 567 g/mol. The minimum Gasteiger partial charge on any atom is -0.508 e. The number of aliphatic hydroxyl groups is 2. The Morgan fingerprint density at radius 1 is 1.08 bits per heavy atom. The van der Waals surface area contributed by atoms with Crippen molar-refractivity contribution < 1.29 is 46.1 Å². The minimum atomic E-state index is -6.47. The van der Waals surface area contributed by atoms with Crippen molar-refractivity contribution in [3.63, 3.8) is 0 Å². The number of halogens is 7. The Bertz CT molecular complexity index is 1060. The zero-order chi connectivity index (χ0) is 29.0. The topological polar surface area (TPSA) is 60.7 Å². The summed E-state index contributed by atoms with van der Waals surface area (Å²) in [6.45, 7) is 6.33. The van der Waals surface area contributed by atoms with E-state index in [0.29, 0.717) is 19.3 Å². The van der Waals surface area contributed by atoms with E-state index in [2.05, 4.69) is 13.5 Å². The molecule has 10 heteroatoms. The molecule has 3 nitrogen and oxygen atoms in total. The van der Waals surface area contributed by atoms with Crippen LogP contribution in [0.4, 0.5) is 30.7 Å². The van der Waals surface area contributed by atoms with Crippen LogP contribution < -0.4 is 0 Å². The van der Waals surface area contributed by atoms with Gasteiger partial charge >= 0.3 is 18.0 Å². The number of hydrogen-bond donors (Lipinski definition) is 3. The molecule has 1 unspecified atom stereocenters. The average Bonchev–Trinajstić information content (AvgIpc) is 3.16. The largest absolute Gasteiger partial charge is 0.508 e. The Morgan fingerprint density at radius 3 is 2.41 bits per heavy atom. The van der Waals surface area contributed by atoms with Crippen LogP contribution in [0.2, 0.25) is 0 Å². The van der Waals surface area contributed by atoms with Crippen LogP contribution in [0.1, 0.15) is 81.8 Å². The van der Waals surface area contributed by atoms with E-state index in [0.717, 1.165) is 36.8 Å². The van der Waals surface area contributed by atoms with Gasteiger partial charge in [0.25, 0.3) is 0 Å². The van der Waals surface area contributed by atoms with Gasteiger partial charge < -0.3 is 15.3 Å². The number of alkyl halides is 7. The van der Waals surface area contributed by atoms with Gasteiger partial charge in [-0.2, -0.15) is 30.7 Å². The van der Waals surface area contributed by atoms with Gasteiger partial charge in [-0.25, -0.2) is 0 Å². The highest BCUT2D eigenvalue weighted by Crippen LogP contribution is 2.69. The van der Waals surface area contributed by atoms with Crippen LogP contribution in [0.25, 0.3) is 0 Å². The fourth-order valence-electron chi connectivity index (χ4n) is 8.19. The third-order valence-electron chi connectivity index (χ3n) is 10.1. The van der Waals surface area contributed by atoms with Crippen molar-refractivity contribution in [2.75, 3.05) is 0 Å². The van der Waals surface area contributed by atoms with Gasteiger partial charge in [0.1, 0.15) is 11.9 Å². The first-order valence-corrected chi connectivity index (χ1v) is 13.7. The molecule has 2 saturated carbocycles. The molecule has 0 aliphatic heterocycles. The molecule has 0 radical (unpaired) electrons. The number of hydrogen-bond acceptors (Lipinski definition) is 3. The molecule has 3 aliphatic carbocycles. The van der Waals surface area contributed by atoms with Crippen molar-refractivity contribution in [1.29, 1.82) is 0 Å². The minimum absolute atomic E-state index is 0.0584. The zero-order valence-electron chi connectivity index (χ0n) is 22.0. The predicted molar refractivity (Wildman–Crippen MR) is 132 cm³/mol. The van der Waals surface area contributed by atoms with Crippen LogP contribution in [-0.4, -0.2) is 45.5 Å². The van der Waals surface area contributed by atoms with Gasteiger partial charge in [0.2, 0.25) is 0 Å². The van der Waals surface area contributed by atoms with Crippen LogP contribution in [0.5, 0.6) is 5.75 Å². The number of aryl methyl sites for hydroxylation is 1. The molecule has 1 aromatic carbocycles. The third-order valence-corrected chi connectivity index (χ3v) is 10.1. The van der Waals surface area contributed by atoms with Crippen molar-refractivity contribution in [3.8, 4) is 5.75 Å². The summed E-state index contributed by atoms with van der Waals surface area (Å²) < 4.78 is 91.3. The maximum atomic E-state index is 13.8. The number of rotatable bonds is 9. The number of aromatic hydroxyl groups is 1. The summed E-state index contributed by atoms with van der Waals surface area (Å²) in [5, 5.41) is 30.6. The Morgan fingerprint density at radius 2 is 1.77 bits per heavy atom. The summed E-state index contributed by atoms with van der Waals surface area (Å²) >= 11 is 0. The molecular weight excluding hydrogens is 529 g/mol. The van der Waals surface area contributed by atoms with Crippen molar-refractivity contribution >= 4 is 0 Å². The third kappa shape index (κ3) is 4.77. The van der Waals surface area contributed by atoms with Crippen LogP contribution in [0.15, 0.2) is 30.9 Å². The molecule has 0 spiro atoms. The number of fused-ring (bicyclic) bond motifs is 5. The normalized spacial score (nSPS) is 33.7. The lowest BCUT2D eigenvalue weighted by atomic mass is 9.44. The molecule has 220 valence electrons. The Labute approximate surface area is 224 Å². The number of allylic oxidation sites excluding steroid dienone is 1. The number of benzene rings is 1. The zero-order valence-corrected chi connectivity index (χ0v) is 22.0. The second kappa shape index (κ2) is 10.2.